The van der Waals surface area contributed by atoms with Crippen LogP contribution in [0.4, 0.5) is 0 Å². The molecule has 1 atom stereocenters. The lowest BCUT2D eigenvalue weighted by Gasteiger charge is -2.61. The molecule has 0 radical (unpaired) electrons. The van der Waals surface area contributed by atoms with Gasteiger partial charge in [0.2, 0.25) is 0 Å². The normalized spacial score (nSPS) is 30.1. The third-order valence-corrected chi connectivity index (χ3v) is 6.88. The first kappa shape index (κ1) is 15.4. The van der Waals surface area contributed by atoms with Crippen LogP contribution in [0.1, 0.15) is 54.0 Å². The SMILES string of the molecule is CC1(C)C=CC(C)(Cc2ccccc2)C(C)(C)C1(C)C. The van der Waals surface area contributed by atoms with E-state index in [0.717, 1.165) is 6.42 Å². The van der Waals surface area contributed by atoms with Crippen LogP contribution in [0.15, 0.2) is 42.5 Å². The third kappa shape index (κ3) is 2.05. The minimum atomic E-state index is 0.188. The van der Waals surface area contributed by atoms with Gasteiger partial charge in [-0.2, -0.15) is 0 Å². The van der Waals surface area contributed by atoms with Gasteiger partial charge in [0.05, 0.1) is 0 Å². The summed E-state index contributed by atoms with van der Waals surface area (Å²) in [6, 6.07) is 10.9. The Hall–Kier alpha value is -1.04. The lowest BCUT2D eigenvalue weighted by Crippen LogP contribution is -2.55. The van der Waals surface area contributed by atoms with E-state index in [1.807, 2.05) is 0 Å². The number of benzene rings is 1. The predicted octanol–water partition coefficient (Wildman–Crippen LogP) is 5.88. The number of rotatable bonds is 2. The first-order valence-electron chi connectivity index (χ1n) is 7.78. The van der Waals surface area contributed by atoms with Crippen molar-refractivity contribution in [2.75, 3.05) is 0 Å². The van der Waals surface area contributed by atoms with Crippen molar-refractivity contribution in [3.63, 3.8) is 0 Å². The van der Waals surface area contributed by atoms with Gasteiger partial charge in [0, 0.05) is 0 Å². The predicted molar refractivity (Wildman–Crippen MR) is 88.7 cm³/mol. The van der Waals surface area contributed by atoms with Crippen LogP contribution in [-0.4, -0.2) is 0 Å². The summed E-state index contributed by atoms with van der Waals surface area (Å²) in [6.45, 7) is 16.9. The van der Waals surface area contributed by atoms with E-state index < -0.39 is 0 Å². The van der Waals surface area contributed by atoms with Crippen molar-refractivity contribution >= 4 is 0 Å². The topological polar surface area (TPSA) is 0 Å². The highest BCUT2D eigenvalue weighted by Crippen LogP contribution is 2.64. The van der Waals surface area contributed by atoms with Crippen molar-refractivity contribution in [1.82, 2.24) is 0 Å². The second-order valence-electron chi connectivity index (χ2n) is 8.38. The molecule has 0 nitrogen and oxygen atoms in total. The lowest BCUT2D eigenvalue weighted by atomic mass is 9.43. The van der Waals surface area contributed by atoms with Crippen molar-refractivity contribution < 1.29 is 0 Å². The van der Waals surface area contributed by atoms with Gasteiger partial charge in [-0.05, 0) is 33.6 Å². The Balaban J connectivity index is 2.46. The van der Waals surface area contributed by atoms with E-state index in [0.29, 0.717) is 0 Å². The molecule has 0 saturated heterocycles. The van der Waals surface area contributed by atoms with E-state index in [2.05, 4.69) is 91.0 Å². The fourth-order valence-corrected chi connectivity index (χ4v) is 3.63. The lowest BCUT2D eigenvalue weighted by molar-refractivity contribution is -0.0760. The molecule has 0 N–H and O–H groups in total. The van der Waals surface area contributed by atoms with Crippen LogP contribution >= 0.6 is 0 Å². The summed E-state index contributed by atoms with van der Waals surface area (Å²) in [4.78, 5) is 0. The zero-order chi connectivity index (χ0) is 15.2. The summed E-state index contributed by atoms with van der Waals surface area (Å²) in [7, 11) is 0. The van der Waals surface area contributed by atoms with Crippen molar-refractivity contribution in [1.29, 1.82) is 0 Å². The molecule has 2 rings (SSSR count). The van der Waals surface area contributed by atoms with Crippen molar-refractivity contribution in [2.45, 2.75) is 54.9 Å². The average molecular weight is 270 g/mol. The van der Waals surface area contributed by atoms with E-state index >= 15 is 0 Å². The molecule has 1 aliphatic rings. The summed E-state index contributed by atoms with van der Waals surface area (Å²) < 4.78 is 0. The molecule has 0 bridgehead atoms. The number of allylic oxidation sites excluding steroid dienone is 2. The fraction of sp³-hybridized carbons (Fsp3) is 0.600. The van der Waals surface area contributed by atoms with E-state index in [9.17, 15) is 0 Å². The Bertz CT molecular complexity index is 502. The Kier molecular flexibility index (Phi) is 3.44. The minimum Gasteiger partial charge on any atom is -0.0817 e. The zero-order valence-corrected chi connectivity index (χ0v) is 14.2. The Morgan fingerprint density at radius 3 is 1.80 bits per heavy atom. The molecule has 20 heavy (non-hydrogen) atoms. The summed E-state index contributed by atoms with van der Waals surface area (Å²) in [5.74, 6) is 0. The van der Waals surface area contributed by atoms with Gasteiger partial charge in [-0.25, -0.2) is 0 Å². The van der Waals surface area contributed by atoms with Gasteiger partial charge in [0.15, 0.2) is 0 Å². The molecule has 1 unspecified atom stereocenters. The van der Waals surface area contributed by atoms with Crippen LogP contribution in [0.25, 0.3) is 0 Å². The van der Waals surface area contributed by atoms with Crippen LogP contribution in [0.3, 0.4) is 0 Å². The fourth-order valence-electron chi connectivity index (χ4n) is 3.63. The molecule has 0 aromatic heterocycles. The van der Waals surface area contributed by atoms with Crippen molar-refractivity contribution in [3.05, 3.63) is 48.0 Å². The van der Waals surface area contributed by atoms with Crippen molar-refractivity contribution in [3.8, 4) is 0 Å². The van der Waals surface area contributed by atoms with E-state index in [1.165, 1.54) is 5.56 Å². The molecule has 110 valence electrons. The summed E-state index contributed by atoms with van der Waals surface area (Å²) in [5, 5.41) is 0. The van der Waals surface area contributed by atoms with Gasteiger partial charge in [0.1, 0.15) is 0 Å². The molecule has 0 fully saturated rings. The second-order valence-corrected chi connectivity index (χ2v) is 8.38. The highest BCUT2D eigenvalue weighted by atomic mass is 14.6. The summed E-state index contributed by atoms with van der Waals surface area (Å²) in [6.07, 6.45) is 6.03. The molecule has 0 heteroatoms. The average Bonchev–Trinajstić information content (AvgIpc) is 2.36. The van der Waals surface area contributed by atoms with E-state index in [1.54, 1.807) is 0 Å². The molecular weight excluding hydrogens is 240 g/mol. The highest BCUT2D eigenvalue weighted by Gasteiger charge is 2.57. The van der Waals surface area contributed by atoms with Crippen molar-refractivity contribution in [2.24, 2.45) is 21.7 Å². The monoisotopic (exact) mass is 270 g/mol. The molecule has 1 aromatic carbocycles. The summed E-state index contributed by atoms with van der Waals surface area (Å²) >= 11 is 0. The molecule has 0 amide bonds. The van der Waals surface area contributed by atoms with Gasteiger partial charge in [0.25, 0.3) is 0 Å². The van der Waals surface area contributed by atoms with Crippen LogP contribution < -0.4 is 0 Å². The zero-order valence-electron chi connectivity index (χ0n) is 14.2. The maximum atomic E-state index is 2.48. The molecule has 1 aliphatic carbocycles. The van der Waals surface area contributed by atoms with Gasteiger partial charge in [-0.15, -0.1) is 0 Å². The van der Waals surface area contributed by atoms with Crippen LogP contribution in [-0.2, 0) is 6.42 Å². The maximum Gasteiger partial charge on any atom is -0.00494 e. The smallest absolute Gasteiger partial charge is 0.00494 e. The van der Waals surface area contributed by atoms with Crippen LogP contribution in [0.2, 0.25) is 0 Å². The van der Waals surface area contributed by atoms with Gasteiger partial charge < -0.3 is 0 Å². The molecular formula is C20H30. The minimum absolute atomic E-state index is 0.188. The van der Waals surface area contributed by atoms with Crippen LogP contribution in [0.5, 0.6) is 0 Å². The van der Waals surface area contributed by atoms with Gasteiger partial charge in [-0.3, -0.25) is 0 Å². The van der Waals surface area contributed by atoms with E-state index in [-0.39, 0.29) is 21.7 Å². The van der Waals surface area contributed by atoms with Gasteiger partial charge >= 0.3 is 0 Å². The Morgan fingerprint density at radius 2 is 1.25 bits per heavy atom. The first-order valence-corrected chi connectivity index (χ1v) is 7.78. The van der Waals surface area contributed by atoms with Crippen LogP contribution in [0, 0.1) is 21.7 Å². The highest BCUT2D eigenvalue weighted by molar-refractivity contribution is 5.26. The Morgan fingerprint density at radius 1 is 0.700 bits per heavy atom. The second kappa shape index (κ2) is 4.48. The number of hydrogen-bond acceptors (Lipinski definition) is 0. The number of hydrogen-bond donors (Lipinski definition) is 0. The standard InChI is InChI=1S/C20H30/c1-17(2)13-14-20(7,19(5,6)18(17,3)4)15-16-11-9-8-10-12-16/h8-14H,15H2,1-7H3. The Labute approximate surface area is 125 Å². The largest absolute Gasteiger partial charge is 0.0817 e. The molecule has 0 spiro atoms. The molecule has 1 aromatic rings. The molecule has 0 aliphatic heterocycles. The third-order valence-electron chi connectivity index (χ3n) is 6.88. The summed E-state index contributed by atoms with van der Waals surface area (Å²) in [5.41, 5.74) is 2.33. The quantitative estimate of drug-likeness (QED) is 0.588. The van der Waals surface area contributed by atoms with Gasteiger partial charge in [-0.1, -0.05) is 91.0 Å². The first-order chi connectivity index (χ1) is 9.04. The van der Waals surface area contributed by atoms with E-state index in [4.69, 9.17) is 0 Å². The molecule has 0 saturated carbocycles. The molecule has 0 heterocycles. The maximum absolute atomic E-state index is 2.48.